The minimum Gasteiger partial charge on any atom is -0.374 e. The topological polar surface area (TPSA) is 84.2 Å². The molecule has 9 heteroatoms. The molecule has 0 aliphatic rings. The number of carbonyl (C=O) groups is 2. The quantitative estimate of drug-likeness (QED) is 0.730. The molecular formula is C15H11F4N3O2. The number of halogens is 4. The van der Waals surface area contributed by atoms with Gasteiger partial charge >= 0.3 is 0 Å². The summed E-state index contributed by atoms with van der Waals surface area (Å²) < 4.78 is 53.3. The van der Waals surface area contributed by atoms with Crippen LogP contribution in [0.1, 0.15) is 10.4 Å². The molecule has 0 saturated heterocycles. The van der Waals surface area contributed by atoms with Crippen molar-refractivity contribution in [2.75, 3.05) is 17.2 Å². The number of nitrogens with two attached hydrogens (primary N) is 1. The molecule has 0 fully saturated rings. The Kier molecular flexibility index (Phi) is 5.02. The van der Waals surface area contributed by atoms with Crippen LogP contribution in [0.15, 0.2) is 30.3 Å². The second kappa shape index (κ2) is 6.99. The Labute approximate surface area is 133 Å². The van der Waals surface area contributed by atoms with E-state index < -0.39 is 47.2 Å². The number of benzene rings is 2. The van der Waals surface area contributed by atoms with Crippen molar-refractivity contribution in [3.05, 3.63) is 59.2 Å². The van der Waals surface area contributed by atoms with Crippen LogP contribution in [-0.2, 0) is 4.79 Å². The molecule has 2 rings (SSSR count). The van der Waals surface area contributed by atoms with Gasteiger partial charge in [-0.25, -0.2) is 17.6 Å². The van der Waals surface area contributed by atoms with Crippen molar-refractivity contribution in [2.24, 2.45) is 5.73 Å². The highest BCUT2D eigenvalue weighted by Gasteiger charge is 2.15. The van der Waals surface area contributed by atoms with E-state index in [9.17, 15) is 27.2 Å². The third-order valence-electron chi connectivity index (χ3n) is 2.96. The van der Waals surface area contributed by atoms with Gasteiger partial charge in [-0.3, -0.25) is 9.59 Å². The van der Waals surface area contributed by atoms with Crippen molar-refractivity contribution in [1.82, 2.24) is 0 Å². The van der Waals surface area contributed by atoms with Crippen molar-refractivity contribution < 1.29 is 27.2 Å². The minimum absolute atomic E-state index is 0.347. The molecule has 0 bridgehead atoms. The van der Waals surface area contributed by atoms with E-state index >= 15 is 0 Å². The lowest BCUT2D eigenvalue weighted by atomic mass is 10.1. The zero-order chi connectivity index (χ0) is 17.9. The predicted octanol–water partition coefficient (Wildman–Crippen LogP) is 2.39. The van der Waals surface area contributed by atoms with Crippen LogP contribution in [0.2, 0.25) is 0 Å². The Morgan fingerprint density at radius 3 is 2.29 bits per heavy atom. The third kappa shape index (κ3) is 4.00. The molecule has 0 heterocycles. The molecule has 2 aromatic carbocycles. The lowest BCUT2D eigenvalue weighted by Crippen LogP contribution is -2.23. The Balaban J connectivity index is 2.08. The molecular weight excluding hydrogens is 330 g/mol. The monoisotopic (exact) mass is 341 g/mol. The van der Waals surface area contributed by atoms with Gasteiger partial charge in [0.15, 0.2) is 0 Å². The van der Waals surface area contributed by atoms with Crippen LogP contribution in [-0.4, -0.2) is 18.4 Å². The third-order valence-corrected chi connectivity index (χ3v) is 2.96. The van der Waals surface area contributed by atoms with Crippen LogP contribution in [0.3, 0.4) is 0 Å². The van der Waals surface area contributed by atoms with Gasteiger partial charge in [0.2, 0.25) is 5.91 Å². The van der Waals surface area contributed by atoms with E-state index in [1.54, 1.807) is 0 Å². The van der Waals surface area contributed by atoms with Gasteiger partial charge in [-0.05, 0) is 18.2 Å². The van der Waals surface area contributed by atoms with Crippen molar-refractivity contribution in [2.45, 2.75) is 0 Å². The molecule has 0 spiro atoms. The van der Waals surface area contributed by atoms with Crippen LogP contribution in [0.5, 0.6) is 0 Å². The lowest BCUT2D eigenvalue weighted by molar-refractivity contribution is -0.114. The second-order valence-corrected chi connectivity index (χ2v) is 4.70. The van der Waals surface area contributed by atoms with Crippen LogP contribution in [0.25, 0.3) is 0 Å². The SMILES string of the molecule is NC(=O)c1cc(NCC(=O)Nc2cc(F)ccc2F)c(F)cc1F. The fourth-order valence-corrected chi connectivity index (χ4v) is 1.84. The normalized spacial score (nSPS) is 10.3. The molecule has 4 N–H and O–H groups in total. The highest BCUT2D eigenvalue weighted by atomic mass is 19.1. The van der Waals surface area contributed by atoms with Crippen LogP contribution in [0.4, 0.5) is 28.9 Å². The summed E-state index contributed by atoms with van der Waals surface area (Å²) in [6.07, 6.45) is 0. The average Bonchev–Trinajstić information content (AvgIpc) is 2.49. The number of carbonyl (C=O) groups excluding carboxylic acids is 2. The number of primary amides is 1. The fourth-order valence-electron chi connectivity index (χ4n) is 1.84. The summed E-state index contributed by atoms with van der Waals surface area (Å²) in [6.45, 7) is -0.545. The van der Waals surface area contributed by atoms with E-state index in [1.807, 2.05) is 0 Å². The van der Waals surface area contributed by atoms with Gasteiger partial charge in [0.1, 0.15) is 23.3 Å². The van der Waals surface area contributed by atoms with Crippen molar-refractivity contribution in [3.63, 3.8) is 0 Å². The van der Waals surface area contributed by atoms with Crippen LogP contribution < -0.4 is 16.4 Å². The Hall–Kier alpha value is -3.10. The Bertz CT molecular complexity index is 812. The maximum atomic E-state index is 13.6. The van der Waals surface area contributed by atoms with E-state index in [-0.39, 0.29) is 11.4 Å². The van der Waals surface area contributed by atoms with Crippen LogP contribution >= 0.6 is 0 Å². The molecule has 0 aromatic heterocycles. The zero-order valence-electron chi connectivity index (χ0n) is 12.0. The van der Waals surface area contributed by atoms with E-state index in [4.69, 9.17) is 5.73 Å². The van der Waals surface area contributed by atoms with Gasteiger partial charge in [-0.1, -0.05) is 0 Å². The maximum Gasteiger partial charge on any atom is 0.251 e. The summed E-state index contributed by atoms with van der Waals surface area (Å²) in [5.41, 5.74) is 3.64. The average molecular weight is 341 g/mol. The molecule has 0 radical (unpaired) electrons. The minimum atomic E-state index is -1.14. The second-order valence-electron chi connectivity index (χ2n) is 4.70. The van der Waals surface area contributed by atoms with Crippen molar-refractivity contribution in [1.29, 1.82) is 0 Å². The lowest BCUT2D eigenvalue weighted by Gasteiger charge is -2.10. The maximum absolute atomic E-state index is 13.6. The molecule has 0 unspecified atom stereocenters. The number of amides is 2. The summed E-state index contributed by atoms with van der Waals surface area (Å²) in [5.74, 6) is -5.73. The summed E-state index contributed by atoms with van der Waals surface area (Å²) in [5, 5.41) is 4.40. The van der Waals surface area contributed by atoms with E-state index in [1.165, 1.54) is 0 Å². The van der Waals surface area contributed by atoms with Gasteiger partial charge < -0.3 is 16.4 Å². The summed E-state index contributed by atoms with van der Waals surface area (Å²) in [6, 6.07) is 3.73. The van der Waals surface area contributed by atoms with Gasteiger partial charge in [0.05, 0.1) is 23.5 Å². The smallest absolute Gasteiger partial charge is 0.251 e. The van der Waals surface area contributed by atoms with E-state index in [0.717, 1.165) is 24.3 Å². The molecule has 126 valence electrons. The molecule has 0 atom stereocenters. The molecule has 0 aliphatic carbocycles. The Morgan fingerprint density at radius 2 is 1.62 bits per heavy atom. The number of hydrogen-bond acceptors (Lipinski definition) is 3. The van der Waals surface area contributed by atoms with E-state index in [0.29, 0.717) is 6.07 Å². The zero-order valence-corrected chi connectivity index (χ0v) is 12.0. The van der Waals surface area contributed by atoms with Gasteiger partial charge in [0, 0.05) is 12.1 Å². The summed E-state index contributed by atoms with van der Waals surface area (Å²) in [4.78, 5) is 22.7. The summed E-state index contributed by atoms with van der Waals surface area (Å²) >= 11 is 0. The highest BCUT2D eigenvalue weighted by molar-refractivity contribution is 5.95. The molecule has 2 aromatic rings. The first-order valence-corrected chi connectivity index (χ1v) is 6.55. The number of hydrogen-bond donors (Lipinski definition) is 3. The van der Waals surface area contributed by atoms with Gasteiger partial charge in [0.25, 0.3) is 5.91 Å². The summed E-state index contributed by atoms with van der Waals surface area (Å²) in [7, 11) is 0. The predicted molar refractivity (Wildman–Crippen MR) is 78.4 cm³/mol. The van der Waals surface area contributed by atoms with Gasteiger partial charge in [-0.2, -0.15) is 0 Å². The number of anilines is 2. The van der Waals surface area contributed by atoms with Crippen molar-refractivity contribution >= 4 is 23.2 Å². The largest absolute Gasteiger partial charge is 0.374 e. The molecule has 24 heavy (non-hydrogen) atoms. The van der Waals surface area contributed by atoms with Crippen LogP contribution in [0, 0.1) is 23.3 Å². The molecule has 0 aliphatic heterocycles. The standard InChI is InChI=1S/C15H11F4N3O2/c16-7-1-2-9(17)13(3-7)22-14(23)6-21-12-4-8(15(20)24)10(18)5-11(12)19/h1-5,21H,6H2,(H2,20,24)(H,22,23). The first kappa shape index (κ1) is 17.3. The van der Waals surface area contributed by atoms with Crippen molar-refractivity contribution in [3.8, 4) is 0 Å². The Morgan fingerprint density at radius 1 is 0.917 bits per heavy atom. The fraction of sp³-hybridized carbons (Fsp3) is 0.0667. The number of rotatable bonds is 5. The number of nitrogens with one attached hydrogen (secondary N) is 2. The first-order chi connectivity index (χ1) is 11.3. The molecule has 2 amide bonds. The van der Waals surface area contributed by atoms with Gasteiger partial charge in [-0.15, -0.1) is 0 Å². The first-order valence-electron chi connectivity index (χ1n) is 6.55. The molecule has 0 saturated carbocycles. The highest BCUT2D eigenvalue weighted by Crippen LogP contribution is 2.19. The van der Waals surface area contributed by atoms with E-state index in [2.05, 4.69) is 10.6 Å². The molecule has 5 nitrogen and oxygen atoms in total.